The van der Waals surface area contributed by atoms with E-state index in [1.807, 2.05) is 18.9 Å². The number of carbonyl (C=O) groups excluding carboxylic acids is 1. The lowest BCUT2D eigenvalue weighted by Gasteiger charge is -2.37. The number of hydrogen-bond donors (Lipinski definition) is 1. The predicted molar refractivity (Wildman–Crippen MR) is 136 cm³/mol. The summed E-state index contributed by atoms with van der Waals surface area (Å²) in [5.41, 5.74) is 2.52. The van der Waals surface area contributed by atoms with Crippen LogP contribution in [0.4, 0.5) is 15.8 Å². The van der Waals surface area contributed by atoms with Crippen LogP contribution in [0, 0.1) is 15.9 Å². The fourth-order valence-electron chi connectivity index (χ4n) is 4.64. The van der Waals surface area contributed by atoms with Crippen molar-refractivity contribution in [3.05, 3.63) is 73.8 Å². The van der Waals surface area contributed by atoms with Crippen molar-refractivity contribution in [2.75, 3.05) is 44.7 Å². The Morgan fingerprint density at radius 3 is 2.76 bits per heavy atom. The van der Waals surface area contributed by atoms with E-state index in [1.54, 1.807) is 10.6 Å². The lowest BCUT2D eigenvalue weighted by atomic mass is 10.0. The second-order valence-electron chi connectivity index (χ2n) is 9.21. The Morgan fingerprint density at radius 2 is 2.03 bits per heavy atom. The molecule has 5 rings (SSSR count). The maximum Gasteiger partial charge on any atom is 0.276 e. The molecule has 1 amide bonds. The number of benzene rings is 2. The van der Waals surface area contributed by atoms with E-state index in [0.717, 1.165) is 13.1 Å². The van der Waals surface area contributed by atoms with Gasteiger partial charge < -0.3 is 19.1 Å². The van der Waals surface area contributed by atoms with E-state index in [1.165, 1.54) is 36.7 Å². The van der Waals surface area contributed by atoms with Crippen LogP contribution in [0.5, 0.6) is 5.75 Å². The predicted octanol–water partition coefficient (Wildman–Crippen LogP) is 2.52. The van der Waals surface area contributed by atoms with Gasteiger partial charge in [0.2, 0.25) is 5.43 Å². The molecule has 2 aliphatic heterocycles. The number of carbonyl (C=O) groups is 1. The van der Waals surface area contributed by atoms with E-state index in [0.29, 0.717) is 35.6 Å². The Morgan fingerprint density at radius 1 is 1.27 bits per heavy atom. The molecule has 3 aromatic rings. The summed E-state index contributed by atoms with van der Waals surface area (Å²) in [6.07, 6.45) is 2.69. The molecule has 1 unspecified atom stereocenters. The van der Waals surface area contributed by atoms with E-state index in [2.05, 4.69) is 15.4 Å². The number of nitro benzene ring substituents is 1. The van der Waals surface area contributed by atoms with Gasteiger partial charge in [0.15, 0.2) is 11.6 Å². The minimum Gasteiger partial charge on any atom is -0.487 e. The summed E-state index contributed by atoms with van der Waals surface area (Å²) in [5.74, 6) is -1.04. The average molecular weight is 509 g/mol. The van der Waals surface area contributed by atoms with Crippen molar-refractivity contribution in [1.82, 2.24) is 14.9 Å². The first-order valence-electron chi connectivity index (χ1n) is 11.8. The van der Waals surface area contributed by atoms with Gasteiger partial charge in [-0.25, -0.2) is 9.82 Å². The lowest BCUT2D eigenvalue weighted by molar-refractivity contribution is -0.384. The van der Waals surface area contributed by atoms with Gasteiger partial charge in [-0.15, -0.1) is 0 Å². The zero-order valence-corrected chi connectivity index (χ0v) is 20.3. The first-order chi connectivity index (χ1) is 17.7. The second-order valence-corrected chi connectivity index (χ2v) is 9.21. The summed E-state index contributed by atoms with van der Waals surface area (Å²) in [7, 11) is 2.01. The lowest BCUT2D eigenvalue weighted by Crippen LogP contribution is -2.45. The maximum atomic E-state index is 15.4. The number of nitrogens with one attached hydrogen (secondary N) is 1. The Bertz CT molecular complexity index is 1500. The Balaban J connectivity index is 1.51. The van der Waals surface area contributed by atoms with Crippen molar-refractivity contribution in [3.63, 3.8) is 0 Å². The summed E-state index contributed by atoms with van der Waals surface area (Å²) in [6, 6.07) is 6.69. The van der Waals surface area contributed by atoms with Crippen molar-refractivity contribution >= 4 is 34.4 Å². The number of nitrogens with zero attached hydrogens (tertiary/aromatic N) is 5. The molecule has 1 N–H and O–H groups in total. The Hall–Kier alpha value is -4.32. The molecule has 0 aliphatic carbocycles. The number of non-ortho nitro benzene ring substituents is 1. The Kier molecular flexibility index (Phi) is 6.34. The summed E-state index contributed by atoms with van der Waals surface area (Å²) in [5, 5.41) is 14.8. The molecule has 37 heavy (non-hydrogen) atoms. The van der Waals surface area contributed by atoms with Crippen LogP contribution in [0.15, 0.2) is 46.4 Å². The highest BCUT2D eigenvalue weighted by molar-refractivity contribution is 6.00. The van der Waals surface area contributed by atoms with E-state index >= 15 is 4.39 Å². The highest BCUT2D eigenvalue weighted by atomic mass is 19.1. The van der Waals surface area contributed by atoms with Crippen LogP contribution in [0.25, 0.3) is 10.9 Å². The van der Waals surface area contributed by atoms with Gasteiger partial charge in [0.25, 0.3) is 11.6 Å². The fourth-order valence-corrected chi connectivity index (χ4v) is 4.64. The van der Waals surface area contributed by atoms with Gasteiger partial charge in [-0.1, -0.05) is 12.1 Å². The van der Waals surface area contributed by atoms with Crippen LogP contribution in [-0.4, -0.2) is 66.3 Å². The zero-order valence-electron chi connectivity index (χ0n) is 20.3. The average Bonchev–Trinajstić information content (AvgIpc) is 2.88. The van der Waals surface area contributed by atoms with Crippen molar-refractivity contribution in [2.45, 2.75) is 13.0 Å². The monoisotopic (exact) mass is 508 g/mol. The molecule has 0 saturated carbocycles. The standard InChI is InChI=1S/C25H25FN6O5/c1-15-14-37-24-21-18(11-20(26)22(24)30-8-6-29(2)7-9-30)23(33)19(13-31(15)21)25(34)28-27-12-16-4-3-5-17(10-16)32(35)36/h3-5,10-13,15H,6-9,14H2,1-2H3,(H,28,34)/b27-12+. The molecule has 1 atom stereocenters. The summed E-state index contributed by atoms with van der Waals surface area (Å²) >= 11 is 0. The number of hydrogen-bond acceptors (Lipinski definition) is 8. The van der Waals surface area contributed by atoms with Crippen LogP contribution in [-0.2, 0) is 0 Å². The molecule has 3 heterocycles. The highest BCUT2D eigenvalue weighted by Gasteiger charge is 2.31. The van der Waals surface area contributed by atoms with Crippen molar-refractivity contribution in [2.24, 2.45) is 5.10 Å². The van der Waals surface area contributed by atoms with Crippen LogP contribution < -0.4 is 20.5 Å². The molecule has 1 aromatic heterocycles. The normalized spacial score (nSPS) is 17.7. The summed E-state index contributed by atoms with van der Waals surface area (Å²) < 4.78 is 23.2. The largest absolute Gasteiger partial charge is 0.487 e. The van der Waals surface area contributed by atoms with Crippen LogP contribution in [0.3, 0.4) is 0 Å². The number of amides is 1. The van der Waals surface area contributed by atoms with Crippen molar-refractivity contribution in [1.29, 1.82) is 0 Å². The molecule has 2 aromatic carbocycles. The van der Waals surface area contributed by atoms with Gasteiger partial charge >= 0.3 is 0 Å². The minimum absolute atomic E-state index is 0.0484. The number of nitro groups is 1. The van der Waals surface area contributed by atoms with E-state index in [-0.39, 0.29) is 29.3 Å². The number of piperazine rings is 1. The smallest absolute Gasteiger partial charge is 0.276 e. The van der Waals surface area contributed by atoms with Gasteiger partial charge in [0.1, 0.15) is 17.9 Å². The minimum atomic E-state index is -0.777. The second kappa shape index (κ2) is 9.62. The van der Waals surface area contributed by atoms with E-state index in [4.69, 9.17) is 4.74 Å². The van der Waals surface area contributed by atoms with Crippen molar-refractivity contribution < 1.29 is 18.8 Å². The number of likely N-dealkylation sites (N-methyl/N-ethyl adjacent to an activating group) is 1. The zero-order chi connectivity index (χ0) is 26.3. The van der Waals surface area contributed by atoms with Gasteiger partial charge in [0, 0.05) is 50.1 Å². The molecule has 0 spiro atoms. The number of rotatable bonds is 5. The molecule has 11 nitrogen and oxygen atoms in total. The topological polar surface area (TPSA) is 122 Å². The van der Waals surface area contributed by atoms with E-state index < -0.39 is 22.1 Å². The van der Waals surface area contributed by atoms with Crippen molar-refractivity contribution in [3.8, 4) is 5.75 Å². The van der Waals surface area contributed by atoms with Crippen LogP contribution in [0.2, 0.25) is 0 Å². The third-order valence-electron chi connectivity index (χ3n) is 6.67. The quantitative estimate of drug-likeness (QED) is 0.319. The summed E-state index contributed by atoms with van der Waals surface area (Å²) in [4.78, 5) is 40.7. The molecule has 1 fully saturated rings. The molecular formula is C25H25FN6O5. The third kappa shape index (κ3) is 4.51. The number of halogens is 1. The molecule has 2 aliphatic rings. The first kappa shape index (κ1) is 24.4. The molecule has 12 heteroatoms. The third-order valence-corrected chi connectivity index (χ3v) is 6.67. The number of hydrazone groups is 1. The Labute approximate surface area is 210 Å². The fraction of sp³-hybridized carbons (Fsp3) is 0.320. The number of pyridine rings is 1. The number of aromatic nitrogens is 1. The first-order valence-corrected chi connectivity index (χ1v) is 11.8. The maximum absolute atomic E-state index is 15.4. The van der Waals surface area contributed by atoms with Gasteiger partial charge in [-0.3, -0.25) is 19.7 Å². The van der Waals surface area contributed by atoms with Gasteiger partial charge in [0.05, 0.1) is 28.1 Å². The SMILES string of the molecule is CC1COc2c(N3CCN(C)CC3)c(F)cc3c(=O)c(C(=O)N/N=C/c4cccc([N+](=O)[O-])c4)cn1c23. The van der Waals surface area contributed by atoms with Gasteiger partial charge in [-0.05, 0) is 20.0 Å². The molecule has 1 saturated heterocycles. The highest BCUT2D eigenvalue weighted by Crippen LogP contribution is 2.42. The van der Waals surface area contributed by atoms with Crippen LogP contribution in [0.1, 0.15) is 28.9 Å². The molecule has 192 valence electrons. The molecule has 0 radical (unpaired) electrons. The number of anilines is 1. The number of ether oxygens (including phenoxy) is 1. The molecule has 0 bridgehead atoms. The van der Waals surface area contributed by atoms with Crippen LogP contribution >= 0.6 is 0 Å². The van der Waals surface area contributed by atoms with Gasteiger partial charge in [-0.2, -0.15) is 5.10 Å². The molecular weight excluding hydrogens is 483 g/mol. The summed E-state index contributed by atoms with van der Waals surface area (Å²) in [6.45, 7) is 4.93. The van der Waals surface area contributed by atoms with E-state index in [9.17, 15) is 19.7 Å².